The minimum Gasteiger partial charge on any atom is -0.231 e. The van der Waals surface area contributed by atoms with Crippen LogP contribution in [0.5, 0.6) is 0 Å². The lowest BCUT2D eigenvalue weighted by Gasteiger charge is -2.11. The van der Waals surface area contributed by atoms with Crippen molar-refractivity contribution >= 4 is 21.6 Å². The highest BCUT2D eigenvalue weighted by atomic mass is 35.5. The second-order valence-electron chi connectivity index (χ2n) is 6.33. The number of aromatic nitrogens is 2. The summed E-state index contributed by atoms with van der Waals surface area (Å²) in [4.78, 5) is -0.0721. The Labute approximate surface area is 172 Å². The van der Waals surface area contributed by atoms with E-state index in [-0.39, 0.29) is 15.6 Å². The first-order valence-electron chi connectivity index (χ1n) is 8.58. The third-order valence-corrected chi connectivity index (χ3v) is 5.64. The fourth-order valence-electron chi connectivity index (χ4n) is 3.05. The molecule has 5 nitrogen and oxygen atoms in total. The maximum Gasteiger partial charge on any atom is 0.240 e. The van der Waals surface area contributed by atoms with Crippen LogP contribution >= 0.6 is 11.6 Å². The highest BCUT2D eigenvalue weighted by Gasteiger charge is 2.20. The van der Waals surface area contributed by atoms with Gasteiger partial charge in [0.25, 0.3) is 0 Å². The molecular formula is C21H15ClFN3O2S. The Morgan fingerprint density at radius 3 is 2.28 bits per heavy atom. The number of halogens is 2. The summed E-state index contributed by atoms with van der Waals surface area (Å²) in [5.41, 5.74) is 2.86. The Morgan fingerprint density at radius 1 is 0.897 bits per heavy atom. The van der Waals surface area contributed by atoms with Gasteiger partial charge in [-0.3, -0.25) is 0 Å². The number of benzene rings is 3. The molecule has 0 saturated carbocycles. The molecule has 4 rings (SSSR count). The molecule has 3 aromatic carbocycles. The minimum absolute atomic E-state index is 0.0451. The van der Waals surface area contributed by atoms with Crippen molar-refractivity contribution in [3.63, 3.8) is 0 Å². The van der Waals surface area contributed by atoms with Crippen molar-refractivity contribution in [1.29, 1.82) is 0 Å². The number of nitrogens with two attached hydrogens (primary N) is 1. The molecule has 0 radical (unpaired) electrons. The third kappa shape index (κ3) is 3.80. The second-order valence-corrected chi connectivity index (χ2v) is 8.27. The summed E-state index contributed by atoms with van der Waals surface area (Å²) in [7, 11) is -4.00. The maximum atomic E-state index is 13.7. The Hall–Kier alpha value is -3.00. The van der Waals surface area contributed by atoms with Gasteiger partial charge in [-0.25, -0.2) is 22.6 Å². The molecule has 0 spiro atoms. The topological polar surface area (TPSA) is 78.0 Å². The Kier molecular flexibility index (Phi) is 4.96. The van der Waals surface area contributed by atoms with Gasteiger partial charge in [-0.05, 0) is 36.4 Å². The molecule has 0 unspecified atom stereocenters. The normalized spacial score (nSPS) is 11.6. The van der Waals surface area contributed by atoms with Crippen LogP contribution in [0.15, 0.2) is 83.8 Å². The average Bonchev–Trinajstić information content (AvgIpc) is 3.15. The largest absolute Gasteiger partial charge is 0.240 e. The summed E-state index contributed by atoms with van der Waals surface area (Å²) in [6.07, 6.45) is 0. The predicted molar refractivity (Wildman–Crippen MR) is 111 cm³/mol. The van der Waals surface area contributed by atoms with Gasteiger partial charge in [0.15, 0.2) is 0 Å². The maximum absolute atomic E-state index is 13.7. The number of nitrogens with zero attached hydrogens (tertiary/aromatic N) is 2. The van der Waals surface area contributed by atoms with Gasteiger partial charge < -0.3 is 0 Å². The van der Waals surface area contributed by atoms with Crippen molar-refractivity contribution in [2.75, 3.05) is 0 Å². The molecular weight excluding hydrogens is 413 g/mol. The van der Waals surface area contributed by atoms with Gasteiger partial charge in [0, 0.05) is 11.1 Å². The van der Waals surface area contributed by atoms with E-state index in [1.165, 1.54) is 22.9 Å². The van der Waals surface area contributed by atoms with E-state index >= 15 is 0 Å². The van der Waals surface area contributed by atoms with Crippen LogP contribution in [0, 0.1) is 5.82 Å². The van der Waals surface area contributed by atoms with Gasteiger partial charge in [-0.2, -0.15) is 5.10 Å². The van der Waals surface area contributed by atoms with E-state index in [9.17, 15) is 12.8 Å². The Bertz CT molecular complexity index is 1300. The van der Waals surface area contributed by atoms with Crippen LogP contribution in [0.25, 0.3) is 28.2 Å². The zero-order valence-corrected chi connectivity index (χ0v) is 16.5. The number of hydrogen-bond donors (Lipinski definition) is 1. The highest BCUT2D eigenvalue weighted by molar-refractivity contribution is 7.89. The quantitative estimate of drug-likeness (QED) is 0.515. The van der Waals surface area contributed by atoms with Crippen LogP contribution in [-0.4, -0.2) is 18.2 Å². The molecule has 1 aromatic heterocycles. The molecule has 0 saturated heterocycles. The van der Waals surface area contributed by atoms with Crippen molar-refractivity contribution < 1.29 is 12.8 Å². The first-order valence-corrected chi connectivity index (χ1v) is 10.5. The van der Waals surface area contributed by atoms with E-state index in [0.29, 0.717) is 17.0 Å². The van der Waals surface area contributed by atoms with Crippen LogP contribution in [-0.2, 0) is 10.0 Å². The van der Waals surface area contributed by atoms with E-state index in [2.05, 4.69) is 5.10 Å². The molecule has 0 aliphatic heterocycles. The molecule has 2 N–H and O–H groups in total. The van der Waals surface area contributed by atoms with Crippen molar-refractivity contribution in [1.82, 2.24) is 9.78 Å². The lowest BCUT2D eigenvalue weighted by molar-refractivity contribution is 0.596. The Balaban J connectivity index is 2.01. The zero-order valence-electron chi connectivity index (χ0n) is 15.0. The lowest BCUT2D eigenvalue weighted by Crippen LogP contribution is -2.16. The number of rotatable bonds is 4. The van der Waals surface area contributed by atoms with E-state index < -0.39 is 15.8 Å². The van der Waals surface area contributed by atoms with Gasteiger partial charge >= 0.3 is 0 Å². The first-order chi connectivity index (χ1) is 13.8. The Morgan fingerprint density at radius 2 is 1.59 bits per heavy atom. The summed E-state index contributed by atoms with van der Waals surface area (Å²) in [5, 5.41) is 9.97. The molecule has 0 fully saturated rings. The van der Waals surface area contributed by atoms with Crippen molar-refractivity contribution in [2.45, 2.75) is 4.90 Å². The first kappa shape index (κ1) is 19.3. The highest BCUT2D eigenvalue weighted by Crippen LogP contribution is 2.32. The third-order valence-electron chi connectivity index (χ3n) is 4.39. The van der Waals surface area contributed by atoms with Crippen LogP contribution in [0.3, 0.4) is 0 Å². The summed E-state index contributed by atoms with van der Waals surface area (Å²) >= 11 is 5.97. The van der Waals surface area contributed by atoms with E-state index in [1.54, 1.807) is 30.3 Å². The molecule has 0 amide bonds. The fraction of sp³-hybridized carbons (Fsp3) is 0. The molecule has 0 atom stereocenters. The average molecular weight is 428 g/mol. The zero-order chi connectivity index (χ0) is 20.6. The van der Waals surface area contributed by atoms with E-state index in [4.69, 9.17) is 16.7 Å². The second kappa shape index (κ2) is 7.44. The van der Waals surface area contributed by atoms with E-state index in [1.807, 2.05) is 30.3 Å². The van der Waals surface area contributed by atoms with Gasteiger partial charge in [-0.1, -0.05) is 54.1 Å². The molecule has 8 heteroatoms. The van der Waals surface area contributed by atoms with E-state index in [0.717, 1.165) is 5.56 Å². The van der Waals surface area contributed by atoms with Gasteiger partial charge in [-0.15, -0.1) is 0 Å². The SMILES string of the molecule is NS(=O)(=O)c1ccccc1-n1nc(-c2ccccc2)cc1-c1ccc(F)c(Cl)c1. The predicted octanol–water partition coefficient (Wildman–Crippen LogP) is 4.65. The summed E-state index contributed by atoms with van der Waals surface area (Å²) in [6.45, 7) is 0. The summed E-state index contributed by atoms with van der Waals surface area (Å²) < 4.78 is 39.4. The number of sulfonamides is 1. The standard InChI is InChI=1S/C21H15ClFN3O2S/c22-16-12-15(10-11-17(16)23)20-13-18(14-6-2-1-3-7-14)25-26(20)19-8-4-5-9-21(19)29(24,27)28/h1-13H,(H2,24,27,28). The van der Waals surface area contributed by atoms with Crippen LogP contribution < -0.4 is 5.14 Å². The van der Waals surface area contributed by atoms with Gasteiger partial charge in [0.2, 0.25) is 10.0 Å². The number of para-hydroxylation sites is 1. The molecule has 146 valence electrons. The molecule has 0 bridgehead atoms. The van der Waals surface area contributed by atoms with Crippen molar-refractivity contribution in [3.8, 4) is 28.2 Å². The lowest BCUT2D eigenvalue weighted by atomic mass is 10.1. The molecule has 0 aliphatic carbocycles. The van der Waals surface area contributed by atoms with Gasteiger partial charge in [0.05, 0.1) is 22.1 Å². The fourth-order valence-corrected chi connectivity index (χ4v) is 3.94. The monoisotopic (exact) mass is 427 g/mol. The minimum atomic E-state index is -4.00. The smallest absolute Gasteiger partial charge is 0.231 e. The van der Waals surface area contributed by atoms with Crippen LogP contribution in [0.2, 0.25) is 5.02 Å². The van der Waals surface area contributed by atoms with Crippen molar-refractivity contribution in [2.24, 2.45) is 5.14 Å². The van der Waals surface area contributed by atoms with Gasteiger partial charge in [0.1, 0.15) is 10.7 Å². The number of primary sulfonamides is 1. The summed E-state index contributed by atoms with van der Waals surface area (Å²) in [6, 6.07) is 21.8. The molecule has 29 heavy (non-hydrogen) atoms. The molecule has 1 heterocycles. The van der Waals surface area contributed by atoms with Crippen LogP contribution in [0.1, 0.15) is 0 Å². The molecule has 0 aliphatic rings. The number of hydrogen-bond acceptors (Lipinski definition) is 3. The molecule has 4 aromatic rings. The van der Waals surface area contributed by atoms with Crippen molar-refractivity contribution in [3.05, 3.63) is 89.7 Å². The summed E-state index contributed by atoms with van der Waals surface area (Å²) in [5.74, 6) is -0.547. The van der Waals surface area contributed by atoms with Crippen LogP contribution in [0.4, 0.5) is 4.39 Å².